The van der Waals surface area contributed by atoms with E-state index in [1.807, 2.05) is 0 Å². The van der Waals surface area contributed by atoms with Crippen LogP contribution in [0.15, 0.2) is 24.3 Å². The summed E-state index contributed by atoms with van der Waals surface area (Å²) in [6.45, 7) is 0.564. The Kier molecular flexibility index (Phi) is 5.07. The third-order valence-corrected chi connectivity index (χ3v) is 5.66. The second-order valence-corrected chi connectivity index (χ2v) is 7.26. The molecule has 1 aromatic rings. The van der Waals surface area contributed by atoms with Gasteiger partial charge in [-0.1, -0.05) is 37.1 Å². The van der Waals surface area contributed by atoms with Crippen LogP contribution in [-0.2, 0) is 22.4 Å². The van der Waals surface area contributed by atoms with E-state index in [0.717, 1.165) is 25.7 Å². The second-order valence-electron chi connectivity index (χ2n) is 6.74. The highest BCUT2D eigenvalue weighted by Gasteiger charge is 2.41. The van der Waals surface area contributed by atoms with Crippen LogP contribution < -0.4 is 0 Å². The molecule has 23 heavy (non-hydrogen) atoms. The van der Waals surface area contributed by atoms with Crippen molar-refractivity contribution in [2.75, 3.05) is 6.54 Å². The van der Waals surface area contributed by atoms with Gasteiger partial charge in [-0.3, -0.25) is 9.59 Å². The lowest BCUT2D eigenvalue weighted by atomic mass is 9.90. The predicted octanol–water partition coefficient (Wildman–Crippen LogP) is 2.76. The van der Waals surface area contributed by atoms with Gasteiger partial charge >= 0.3 is 5.97 Å². The summed E-state index contributed by atoms with van der Waals surface area (Å²) in [6, 6.07) is 7.79. The Morgan fingerprint density at radius 1 is 1.22 bits per heavy atom. The first-order chi connectivity index (χ1) is 11.1. The summed E-state index contributed by atoms with van der Waals surface area (Å²) in [4.78, 5) is 23.7. The van der Waals surface area contributed by atoms with Crippen molar-refractivity contribution in [3.63, 3.8) is 0 Å². The third kappa shape index (κ3) is 3.61. The predicted molar refractivity (Wildman–Crippen MR) is 91.4 cm³/mol. The summed E-state index contributed by atoms with van der Waals surface area (Å²) in [6.07, 6.45) is 5.20. The zero-order valence-electron chi connectivity index (χ0n) is 13.1. The monoisotopic (exact) mass is 333 g/mol. The molecule has 0 saturated carbocycles. The lowest BCUT2D eigenvalue weighted by Crippen LogP contribution is -2.37. The van der Waals surface area contributed by atoms with Crippen LogP contribution in [0.25, 0.3) is 0 Å². The van der Waals surface area contributed by atoms with Gasteiger partial charge in [-0.2, -0.15) is 0 Å². The summed E-state index contributed by atoms with van der Waals surface area (Å²) in [7, 11) is 0. The van der Waals surface area contributed by atoms with Gasteiger partial charge in [-0.15, -0.1) is 0 Å². The van der Waals surface area contributed by atoms with Gasteiger partial charge in [-0.25, -0.2) is 4.31 Å². The van der Waals surface area contributed by atoms with E-state index in [-0.39, 0.29) is 5.78 Å². The molecule has 0 bridgehead atoms. The van der Waals surface area contributed by atoms with Crippen LogP contribution >= 0.6 is 12.8 Å². The van der Waals surface area contributed by atoms with E-state index in [0.29, 0.717) is 25.3 Å². The minimum atomic E-state index is -0.943. The Morgan fingerprint density at radius 2 is 1.87 bits per heavy atom. The number of rotatable bonds is 6. The van der Waals surface area contributed by atoms with E-state index in [1.165, 1.54) is 15.4 Å². The first kappa shape index (κ1) is 16.5. The average Bonchev–Trinajstić information content (AvgIpc) is 3.09. The molecule has 0 spiro atoms. The highest BCUT2D eigenvalue weighted by atomic mass is 32.1. The number of carbonyl (C=O) groups excluding carboxylic acids is 1. The van der Waals surface area contributed by atoms with E-state index < -0.39 is 17.9 Å². The molecule has 5 heteroatoms. The maximum Gasteiger partial charge on any atom is 0.322 e. The van der Waals surface area contributed by atoms with Gasteiger partial charge < -0.3 is 5.11 Å². The molecule has 1 aliphatic heterocycles. The molecule has 1 fully saturated rings. The molecule has 2 aliphatic rings. The summed E-state index contributed by atoms with van der Waals surface area (Å²) in [5.41, 5.74) is 2.88. The maximum atomic E-state index is 12.4. The fraction of sp³-hybridized carbons (Fsp3) is 0.556. The maximum absolute atomic E-state index is 12.4. The van der Waals surface area contributed by atoms with Crippen LogP contribution in [0.2, 0.25) is 0 Å². The van der Waals surface area contributed by atoms with Crippen molar-refractivity contribution in [3.8, 4) is 0 Å². The molecule has 1 unspecified atom stereocenters. The Balaban J connectivity index is 1.46. The molecule has 0 aromatic heterocycles. The van der Waals surface area contributed by atoms with E-state index in [4.69, 9.17) is 0 Å². The molecule has 124 valence electrons. The van der Waals surface area contributed by atoms with Crippen molar-refractivity contribution in [2.45, 2.75) is 44.6 Å². The number of hydrogen-bond donors (Lipinski definition) is 2. The molecule has 1 aliphatic carbocycles. The van der Waals surface area contributed by atoms with E-state index in [9.17, 15) is 14.7 Å². The van der Waals surface area contributed by atoms with Gasteiger partial charge in [-0.05, 0) is 49.1 Å². The number of benzene rings is 1. The van der Waals surface area contributed by atoms with Gasteiger partial charge in [0.05, 0.1) is 0 Å². The van der Waals surface area contributed by atoms with Crippen molar-refractivity contribution in [2.24, 2.45) is 11.8 Å². The van der Waals surface area contributed by atoms with Crippen molar-refractivity contribution in [3.05, 3.63) is 35.4 Å². The van der Waals surface area contributed by atoms with E-state index in [1.54, 1.807) is 0 Å². The molecule has 0 amide bonds. The third-order valence-electron chi connectivity index (χ3n) is 5.21. The molecule has 3 rings (SSSR count). The molecule has 1 saturated heterocycles. The minimum absolute atomic E-state index is 0.0875. The number of fused-ring (bicyclic) bond motifs is 1. The standard InChI is InChI=1S/C18H23NO3S/c20-16(15-8-9-19(23)17(15)18(21)22)7-3-4-12-10-13-5-1-2-6-14(13)11-12/h1-2,5-6,12,15,17,23H,3-4,7-11H2,(H,21,22)/t15?,17-/m0/s1. The van der Waals surface area contributed by atoms with Crippen molar-refractivity contribution >= 4 is 24.6 Å². The fourth-order valence-corrected chi connectivity index (χ4v) is 4.39. The number of carboxylic acids is 1. The van der Waals surface area contributed by atoms with Crippen molar-refractivity contribution in [1.29, 1.82) is 0 Å². The molecular weight excluding hydrogens is 310 g/mol. The summed E-state index contributed by atoms with van der Waals surface area (Å²) < 4.78 is 1.48. The van der Waals surface area contributed by atoms with Crippen LogP contribution in [0.1, 0.15) is 36.8 Å². The van der Waals surface area contributed by atoms with Crippen LogP contribution in [0.3, 0.4) is 0 Å². The molecule has 1 N–H and O–H groups in total. The molecule has 1 aromatic carbocycles. The lowest BCUT2D eigenvalue weighted by Gasteiger charge is -2.19. The van der Waals surface area contributed by atoms with Gasteiger partial charge in [0.2, 0.25) is 0 Å². The van der Waals surface area contributed by atoms with Crippen LogP contribution in [-0.4, -0.2) is 33.8 Å². The minimum Gasteiger partial charge on any atom is -0.480 e. The van der Waals surface area contributed by atoms with Gasteiger partial charge in [0.15, 0.2) is 0 Å². The molecule has 1 heterocycles. The highest BCUT2D eigenvalue weighted by molar-refractivity contribution is 7.77. The highest BCUT2D eigenvalue weighted by Crippen LogP contribution is 2.31. The second kappa shape index (κ2) is 7.05. The Morgan fingerprint density at radius 3 is 2.48 bits per heavy atom. The number of Topliss-reactive ketones (excluding diaryl/α,β-unsaturated/α-hetero) is 1. The van der Waals surface area contributed by atoms with Crippen molar-refractivity contribution < 1.29 is 14.7 Å². The van der Waals surface area contributed by atoms with E-state index in [2.05, 4.69) is 37.1 Å². The summed E-state index contributed by atoms with van der Waals surface area (Å²) in [5.74, 6) is -0.627. The SMILES string of the molecule is O=C(CCCC1Cc2ccccc2C1)C1CCN(S)[C@@H]1C(=O)O. The average molecular weight is 333 g/mol. The Hall–Kier alpha value is -1.33. The Bertz CT molecular complexity index is 579. The quantitative estimate of drug-likeness (QED) is 0.786. The number of thiol groups is 1. The topological polar surface area (TPSA) is 57.6 Å². The number of carboxylic acid groups (broad SMARTS) is 1. The number of nitrogens with zero attached hydrogens (tertiary/aromatic N) is 1. The normalized spacial score (nSPS) is 24.7. The van der Waals surface area contributed by atoms with Crippen LogP contribution in [0.4, 0.5) is 0 Å². The largest absolute Gasteiger partial charge is 0.480 e. The zero-order chi connectivity index (χ0) is 16.4. The van der Waals surface area contributed by atoms with Crippen LogP contribution in [0.5, 0.6) is 0 Å². The van der Waals surface area contributed by atoms with Crippen LogP contribution in [0, 0.1) is 11.8 Å². The lowest BCUT2D eigenvalue weighted by molar-refractivity contribution is -0.144. The molecular formula is C18H23NO3S. The van der Waals surface area contributed by atoms with Gasteiger partial charge in [0.25, 0.3) is 0 Å². The first-order valence-corrected chi connectivity index (χ1v) is 8.74. The summed E-state index contributed by atoms with van der Waals surface area (Å²) in [5, 5.41) is 9.26. The summed E-state index contributed by atoms with van der Waals surface area (Å²) >= 11 is 4.17. The molecule has 0 radical (unpaired) electrons. The van der Waals surface area contributed by atoms with E-state index >= 15 is 0 Å². The number of carbonyl (C=O) groups is 2. The smallest absolute Gasteiger partial charge is 0.322 e. The zero-order valence-corrected chi connectivity index (χ0v) is 14.0. The molecule has 4 nitrogen and oxygen atoms in total. The van der Waals surface area contributed by atoms with Gasteiger partial charge in [0, 0.05) is 18.9 Å². The molecule has 2 atom stereocenters. The van der Waals surface area contributed by atoms with Gasteiger partial charge in [0.1, 0.15) is 11.8 Å². The Labute approximate surface area is 142 Å². The number of hydrogen-bond acceptors (Lipinski definition) is 4. The number of ketones is 1. The number of aliphatic carboxylic acids is 1. The van der Waals surface area contributed by atoms with Crippen molar-refractivity contribution in [1.82, 2.24) is 4.31 Å². The first-order valence-electron chi connectivity index (χ1n) is 8.34. The fourth-order valence-electron chi connectivity index (χ4n) is 4.02.